The molecule has 4 aliphatic rings. The normalized spacial score (nSPS) is 32.0. The summed E-state index contributed by atoms with van der Waals surface area (Å²) in [6.45, 7) is 6.45. The van der Waals surface area contributed by atoms with Crippen LogP contribution in [0.4, 0.5) is 0 Å². The van der Waals surface area contributed by atoms with Crippen LogP contribution in [0.3, 0.4) is 0 Å². The number of carboxylic acids is 2. The molecule has 0 saturated carbocycles. The smallest absolute Gasteiger partial charge is 0.303 e. The summed E-state index contributed by atoms with van der Waals surface area (Å²) in [5.41, 5.74) is 10.7. The van der Waals surface area contributed by atoms with Gasteiger partial charge in [-0.25, -0.2) is 0 Å². The highest BCUT2D eigenvalue weighted by Gasteiger charge is 2.58. The van der Waals surface area contributed by atoms with Crippen LogP contribution >= 0.6 is 0 Å². The molecule has 0 spiro atoms. The molecular weight excluding hydrogens is 1320 g/mol. The van der Waals surface area contributed by atoms with E-state index in [9.17, 15) is 93.3 Å². The molecule has 4 heterocycles. The van der Waals surface area contributed by atoms with Crippen molar-refractivity contribution in [3.8, 4) is 0 Å². The van der Waals surface area contributed by atoms with Crippen LogP contribution in [0.2, 0.25) is 0 Å². The van der Waals surface area contributed by atoms with Gasteiger partial charge in [-0.15, -0.1) is 0 Å². The second-order valence-electron chi connectivity index (χ2n) is 23.7. The summed E-state index contributed by atoms with van der Waals surface area (Å²) in [6.07, 6.45) is -34.5. The van der Waals surface area contributed by atoms with Gasteiger partial charge in [0.05, 0.1) is 26.4 Å². The Kier molecular flexibility index (Phi) is 33.3. The van der Waals surface area contributed by atoms with E-state index in [2.05, 4.69) is 42.5 Å². The van der Waals surface area contributed by atoms with E-state index in [1.54, 1.807) is 6.92 Å². The standard InChI is InChI=1S/C57H94N10O31/c1-10-15-89-54-36(62-24(6)72)41(81)43(31(17-69)93-54)97-57-39(65-27(9)75)47(91-23(5)53(88)61-21(3)51(86)67-29(49(59)84)12-14-35(78)79)45(33(19-71)95-57)98-55-37(63-25(7)73)42(82)44(32(18-70)94-55)96-56-38(64-26(8)74)46(40(80)30(16-68)92-56)90-22(4)52(87)60-20(2)50(85)66-28(48(58)83)11-13-34(76)77/h20-23,28-33,36-47,54-57,68-71,80-82H,10-19H2,1-9H3,(H2,58,83)(H2,59,84)(H,60,87)(H,61,88)(H,62,72)(H,63,73)(H,64,74)(H,65,75)(H,66,85)(H,67,86)(H,76,77)(H,78,79)/t20-,21-,22?,23?,28+,29+,30+,31+,32+,33+,36+,37+,38+,39+,40+,41+,42+,43+,44+,45+,46+,47+,54-,55-,56-,57-/m0/s1. The van der Waals surface area contributed by atoms with E-state index < -0.39 is 276 Å². The first-order valence-corrected chi connectivity index (χ1v) is 31.3. The lowest BCUT2D eigenvalue weighted by Crippen LogP contribution is -2.72. The molecule has 26 atom stereocenters. The minimum absolute atomic E-state index is 0.0557. The number of carbonyl (C=O) groups excluding carboxylic acids is 10. The summed E-state index contributed by atoms with van der Waals surface area (Å²) in [7, 11) is 0. The van der Waals surface area contributed by atoms with E-state index in [0.29, 0.717) is 6.42 Å². The Hall–Kier alpha value is -7.04. The third kappa shape index (κ3) is 23.5. The summed E-state index contributed by atoms with van der Waals surface area (Å²) in [5, 5.41) is 117. The predicted molar refractivity (Wildman–Crippen MR) is 322 cm³/mol. The van der Waals surface area contributed by atoms with Crippen molar-refractivity contribution in [2.24, 2.45) is 11.5 Å². The van der Waals surface area contributed by atoms with E-state index in [4.69, 9.17) is 69.0 Å². The lowest BCUT2D eigenvalue weighted by Gasteiger charge is -2.52. The minimum Gasteiger partial charge on any atom is -0.481 e. The summed E-state index contributed by atoms with van der Waals surface area (Å²) >= 11 is 0. The number of aliphatic hydroxyl groups is 7. The SMILES string of the molecule is CCCO[C@H]1O[C@H](CO)[C@@H](O[C@@H]2O[C@H](CO)[C@@H](O[C@@H]3O[C@H](CO)[C@@H](O[C@@H]4O[C@H](CO)[C@@H](O)[C@H](OC(C)C(=O)N[C@@H](C)C(=O)N[C@H](CCC(=O)O)C(N)=O)[C@H]4NC(C)=O)[C@H](O)[C@H]3NC(C)=O)[C@H](OC(C)C(=O)N[C@@H](C)C(=O)N[C@H](CCC(=O)O)C(N)=O)[C@H]2NC(C)=O)[C@H](O)[C@H]1NC(C)=O. The molecule has 0 radical (unpaired) electrons. The number of carbonyl (C=O) groups is 12. The molecule has 41 heteroatoms. The largest absolute Gasteiger partial charge is 0.481 e. The Labute approximate surface area is 560 Å². The Balaban J connectivity index is 1.78. The Morgan fingerprint density at radius 2 is 0.755 bits per heavy atom. The van der Waals surface area contributed by atoms with E-state index in [0.717, 1.165) is 41.5 Å². The highest BCUT2D eigenvalue weighted by Crippen LogP contribution is 2.37. The molecule has 0 aliphatic carbocycles. The lowest BCUT2D eigenvalue weighted by molar-refractivity contribution is -0.366. The number of aliphatic carboxylic acids is 2. The van der Waals surface area contributed by atoms with Crippen molar-refractivity contribution in [1.82, 2.24) is 42.5 Å². The third-order valence-electron chi connectivity index (χ3n) is 15.8. The van der Waals surface area contributed by atoms with Crippen LogP contribution in [0.15, 0.2) is 0 Å². The summed E-state index contributed by atoms with van der Waals surface area (Å²) in [4.78, 5) is 153. The van der Waals surface area contributed by atoms with Crippen molar-refractivity contribution >= 4 is 71.0 Å². The van der Waals surface area contributed by atoms with E-state index in [1.165, 1.54) is 13.8 Å². The molecule has 0 aromatic heterocycles. The van der Waals surface area contributed by atoms with Crippen molar-refractivity contribution in [2.45, 2.75) is 253 Å². The van der Waals surface area contributed by atoms with Gasteiger partial charge in [0.25, 0.3) is 0 Å². The number of carboxylic acid groups (broad SMARTS) is 2. The van der Waals surface area contributed by atoms with Gasteiger partial charge in [0.15, 0.2) is 25.2 Å². The topological polar surface area (TPSA) is 627 Å². The zero-order valence-corrected chi connectivity index (χ0v) is 55.2. The maximum absolute atomic E-state index is 14.2. The van der Waals surface area contributed by atoms with Gasteiger partial charge >= 0.3 is 11.9 Å². The van der Waals surface area contributed by atoms with Gasteiger partial charge in [-0.2, -0.15) is 0 Å². The first-order valence-electron chi connectivity index (χ1n) is 31.3. The summed E-state index contributed by atoms with van der Waals surface area (Å²) in [6, 6.07) is -12.8. The zero-order valence-electron chi connectivity index (χ0n) is 55.2. The van der Waals surface area contributed by atoms with Crippen LogP contribution in [-0.4, -0.2) is 309 Å². The number of hydrogen-bond donors (Lipinski definition) is 19. The second kappa shape index (κ2) is 39.1. The number of primary amides is 2. The van der Waals surface area contributed by atoms with Crippen LogP contribution in [0, 0.1) is 0 Å². The van der Waals surface area contributed by atoms with Crippen LogP contribution in [0.25, 0.3) is 0 Å². The van der Waals surface area contributed by atoms with Crippen molar-refractivity contribution in [1.29, 1.82) is 0 Å². The fourth-order valence-electron chi connectivity index (χ4n) is 10.9. The zero-order chi connectivity index (χ0) is 73.7. The molecule has 10 amide bonds. The molecule has 4 aliphatic heterocycles. The molecule has 98 heavy (non-hydrogen) atoms. The van der Waals surface area contributed by atoms with Crippen LogP contribution in [-0.2, 0) is 105 Å². The summed E-state index contributed by atoms with van der Waals surface area (Å²) < 4.78 is 61.7. The summed E-state index contributed by atoms with van der Waals surface area (Å²) in [5.74, 6) is -12.3. The number of aliphatic hydroxyl groups excluding tert-OH is 7. The average Bonchev–Trinajstić information content (AvgIpc) is 0.773. The monoisotopic (exact) mass is 1410 g/mol. The minimum atomic E-state index is -2.16. The molecular formula is C57H94N10O31. The number of rotatable bonds is 37. The molecule has 0 aromatic rings. The molecule has 0 aromatic carbocycles. The number of ether oxygens (including phenoxy) is 10. The highest BCUT2D eigenvalue weighted by atomic mass is 16.8. The van der Waals surface area contributed by atoms with E-state index >= 15 is 0 Å². The van der Waals surface area contributed by atoms with Gasteiger partial charge in [0.2, 0.25) is 59.1 Å². The first-order chi connectivity index (χ1) is 46.0. The van der Waals surface area contributed by atoms with Crippen molar-refractivity contribution < 1.29 is 151 Å². The van der Waals surface area contributed by atoms with Gasteiger partial charge < -0.3 is 147 Å². The van der Waals surface area contributed by atoms with Crippen LogP contribution < -0.4 is 54.0 Å². The molecule has 4 rings (SSSR count). The highest BCUT2D eigenvalue weighted by molar-refractivity contribution is 5.93. The number of nitrogens with one attached hydrogen (secondary N) is 8. The van der Waals surface area contributed by atoms with Crippen molar-refractivity contribution in [3.63, 3.8) is 0 Å². The maximum atomic E-state index is 14.2. The van der Waals surface area contributed by atoms with Gasteiger partial charge in [-0.3, -0.25) is 57.5 Å². The molecule has 2 unspecified atom stereocenters. The molecule has 21 N–H and O–H groups in total. The third-order valence-corrected chi connectivity index (χ3v) is 15.8. The number of amides is 10. The van der Waals surface area contributed by atoms with Crippen LogP contribution in [0.5, 0.6) is 0 Å². The lowest BCUT2D eigenvalue weighted by atomic mass is 9.92. The Bertz CT molecular complexity index is 2740. The molecule has 0 bridgehead atoms. The number of nitrogens with two attached hydrogens (primary N) is 2. The number of hydrogen-bond acceptors (Lipinski definition) is 29. The van der Waals surface area contributed by atoms with Crippen molar-refractivity contribution in [2.75, 3.05) is 33.0 Å². The second-order valence-corrected chi connectivity index (χ2v) is 23.7. The van der Waals surface area contributed by atoms with Crippen LogP contribution in [0.1, 0.15) is 94.4 Å². The molecule has 558 valence electrons. The first kappa shape index (κ1) is 83.4. The average molecular weight is 1420 g/mol. The predicted octanol–water partition coefficient (Wildman–Crippen LogP) is -10.2. The van der Waals surface area contributed by atoms with Gasteiger partial charge in [-0.1, -0.05) is 6.92 Å². The van der Waals surface area contributed by atoms with Gasteiger partial charge in [0.1, 0.15) is 134 Å². The molecule has 4 fully saturated rings. The Morgan fingerprint density at radius 1 is 0.429 bits per heavy atom. The quantitative estimate of drug-likeness (QED) is 0.0275. The maximum Gasteiger partial charge on any atom is 0.303 e. The van der Waals surface area contributed by atoms with Crippen molar-refractivity contribution in [3.05, 3.63) is 0 Å². The molecule has 41 nitrogen and oxygen atoms in total. The fraction of sp³-hybridized carbons (Fsp3) is 0.789. The van der Waals surface area contributed by atoms with Gasteiger partial charge in [0, 0.05) is 47.1 Å². The van der Waals surface area contributed by atoms with E-state index in [1.807, 2.05) is 0 Å². The van der Waals surface area contributed by atoms with E-state index in [-0.39, 0.29) is 13.0 Å². The molecule has 4 saturated heterocycles. The Morgan fingerprint density at radius 3 is 1.12 bits per heavy atom. The van der Waals surface area contributed by atoms with Gasteiger partial charge in [-0.05, 0) is 47.0 Å². The fourth-order valence-corrected chi connectivity index (χ4v) is 10.9.